The molecule has 0 spiro atoms. The van der Waals surface area contributed by atoms with E-state index in [0.717, 1.165) is 22.9 Å². The first-order chi connectivity index (χ1) is 19.0. The van der Waals surface area contributed by atoms with Crippen LogP contribution in [0, 0.1) is 24.0 Å². The van der Waals surface area contributed by atoms with Crippen molar-refractivity contribution in [2.24, 2.45) is 4.99 Å². The molecule has 40 heavy (non-hydrogen) atoms. The number of amides is 2. The van der Waals surface area contributed by atoms with Gasteiger partial charge in [-0.3, -0.25) is 24.6 Å². The van der Waals surface area contributed by atoms with E-state index < -0.39 is 22.0 Å². The molecule has 11 nitrogen and oxygen atoms in total. The second-order valence-corrected chi connectivity index (χ2v) is 10.3. The van der Waals surface area contributed by atoms with Crippen LogP contribution in [0.15, 0.2) is 65.7 Å². The number of benzene rings is 3. The summed E-state index contributed by atoms with van der Waals surface area (Å²) in [6.45, 7) is 4.00. The SMILES string of the molecule is COc1ccc(NC(=O)C[C@H]2SC(=Nc3ccc(C)cc3C)N(Cc3ccc(C(=O)O)cc3)C2=O)c([N+](=O)[O-])c1. The average Bonchev–Trinajstić information content (AvgIpc) is 3.19. The number of ether oxygens (including phenoxy) is 1. The number of nitro benzene ring substituents is 1. The Kier molecular flexibility index (Phi) is 8.49. The molecule has 3 aromatic carbocycles. The molecular weight excluding hydrogens is 536 g/mol. The van der Waals surface area contributed by atoms with Gasteiger partial charge in [0.05, 0.1) is 35.9 Å². The van der Waals surface area contributed by atoms with E-state index in [-0.39, 0.29) is 41.6 Å². The van der Waals surface area contributed by atoms with E-state index >= 15 is 0 Å². The van der Waals surface area contributed by atoms with E-state index in [9.17, 15) is 29.6 Å². The maximum atomic E-state index is 13.5. The highest BCUT2D eigenvalue weighted by Gasteiger charge is 2.39. The lowest BCUT2D eigenvalue weighted by atomic mass is 10.1. The van der Waals surface area contributed by atoms with Crippen molar-refractivity contribution in [1.82, 2.24) is 4.90 Å². The minimum absolute atomic E-state index is 0.00852. The summed E-state index contributed by atoms with van der Waals surface area (Å²) in [7, 11) is 1.38. The van der Waals surface area contributed by atoms with Crippen molar-refractivity contribution in [2.45, 2.75) is 32.1 Å². The van der Waals surface area contributed by atoms with Crippen LogP contribution >= 0.6 is 11.8 Å². The van der Waals surface area contributed by atoms with Crippen LogP contribution in [0.5, 0.6) is 5.75 Å². The van der Waals surface area contributed by atoms with E-state index in [2.05, 4.69) is 5.32 Å². The number of carbonyl (C=O) groups is 3. The maximum absolute atomic E-state index is 13.5. The number of hydrogen-bond donors (Lipinski definition) is 2. The summed E-state index contributed by atoms with van der Waals surface area (Å²) >= 11 is 1.13. The van der Waals surface area contributed by atoms with E-state index in [1.54, 1.807) is 12.1 Å². The molecule has 12 heteroatoms. The number of anilines is 1. The number of nitro groups is 1. The summed E-state index contributed by atoms with van der Waals surface area (Å²) in [5.41, 5.74) is 3.12. The molecule has 3 aromatic rings. The number of nitrogens with one attached hydrogen (secondary N) is 1. The highest BCUT2D eigenvalue weighted by molar-refractivity contribution is 8.15. The van der Waals surface area contributed by atoms with Gasteiger partial charge in [0.25, 0.3) is 5.69 Å². The van der Waals surface area contributed by atoms with Gasteiger partial charge in [-0.15, -0.1) is 0 Å². The zero-order valence-electron chi connectivity index (χ0n) is 21.9. The molecule has 0 aromatic heterocycles. The Labute approximate surface area is 234 Å². The van der Waals surface area contributed by atoms with Gasteiger partial charge in [0.2, 0.25) is 11.8 Å². The van der Waals surface area contributed by atoms with Crippen molar-refractivity contribution >= 4 is 51.8 Å². The van der Waals surface area contributed by atoms with E-state index in [1.165, 1.54) is 42.3 Å². The van der Waals surface area contributed by atoms with Gasteiger partial charge in [-0.2, -0.15) is 0 Å². The van der Waals surface area contributed by atoms with Gasteiger partial charge in [-0.25, -0.2) is 9.79 Å². The first kappa shape index (κ1) is 28.3. The Morgan fingerprint density at radius 1 is 1.12 bits per heavy atom. The zero-order chi connectivity index (χ0) is 29.0. The number of thioether (sulfide) groups is 1. The number of amidine groups is 1. The Hall–Kier alpha value is -4.71. The van der Waals surface area contributed by atoms with Gasteiger partial charge in [0.1, 0.15) is 16.7 Å². The summed E-state index contributed by atoms with van der Waals surface area (Å²) in [4.78, 5) is 54.7. The van der Waals surface area contributed by atoms with E-state index in [1.807, 2.05) is 32.0 Å². The van der Waals surface area contributed by atoms with Crippen LogP contribution in [0.1, 0.15) is 33.5 Å². The van der Waals surface area contributed by atoms with Crippen molar-refractivity contribution < 1.29 is 29.2 Å². The minimum Gasteiger partial charge on any atom is -0.496 e. The first-order valence-electron chi connectivity index (χ1n) is 12.1. The van der Waals surface area contributed by atoms with Crippen LogP contribution < -0.4 is 10.1 Å². The average molecular weight is 563 g/mol. The number of aliphatic imine (C=N–C) groups is 1. The predicted molar refractivity (Wildman–Crippen MR) is 151 cm³/mol. The van der Waals surface area contributed by atoms with Crippen LogP contribution in [0.3, 0.4) is 0 Å². The lowest BCUT2D eigenvalue weighted by Gasteiger charge is -2.17. The van der Waals surface area contributed by atoms with Crippen LogP contribution in [-0.2, 0) is 16.1 Å². The number of carbonyl (C=O) groups excluding carboxylic acids is 2. The Bertz CT molecular complexity index is 1520. The molecule has 2 N–H and O–H groups in total. The number of carboxylic acid groups (broad SMARTS) is 1. The Balaban J connectivity index is 1.59. The summed E-state index contributed by atoms with van der Waals surface area (Å²) in [5.74, 6) is -1.71. The van der Waals surface area contributed by atoms with Gasteiger partial charge in [-0.05, 0) is 55.3 Å². The third-order valence-corrected chi connectivity index (χ3v) is 7.35. The van der Waals surface area contributed by atoms with Crippen LogP contribution in [0.2, 0.25) is 0 Å². The van der Waals surface area contributed by atoms with Gasteiger partial charge in [0.15, 0.2) is 5.17 Å². The molecule has 0 aliphatic carbocycles. The molecule has 1 heterocycles. The normalized spacial score (nSPS) is 15.8. The third kappa shape index (κ3) is 6.46. The fourth-order valence-electron chi connectivity index (χ4n) is 4.10. The molecule has 4 rings (SSSR count). The number of hydrogen-bond acceptors (Lipinski definition) is 8. The first-order valence-corrected chi connectivity index (χ1v) is 13.0. The zero-order valence-corrected chi connectivity index (χ0v) is 22.7. The van der Waals surface area contributed by atoms with Gasteiger partial charge >= 0.3 is 5.97 Å². The van der Waals surface area contributed by atoms with Crippen molar-refractivity contribution in [2.75, 3.05) is 12.4 Å². The summed E-state index contributed by atoms with van der Waals surface area (Å²) < 4.78 is 5.03. The van der Waals surface area contributed by atoms with Gasteiger partial charge in [0, 0.05) is 6.42 Å². The van der Waals surface area contributed by atoms with Crippen molar-refractivity contribution in [3.8, 4) is 5.75 Å². The second kappa shape index (κ2) is 12.0. The lowest BCUT2D eigenvalue weighted by Crippen LogP contribution is -2.33. The van der Waals surface area contributed by atoms with Gasteiger partial charge in [-0.1, -0.05) is 41.6 Å². The molecule has 1 fully saturated rings. The molecule has 0 radical (unpaired) electrons. The van der Waals surface area contributed by atoms with Crippen molar-refractivity contribution in [3.05, 3.63) is 93.0 Å². The summed E-state index contributed by atoms with van der Waals surface area (Å²) in [6.07, 6.45) is -0.243. The molecule has 2 amide bonds. The number of nitrogens with zero attached hydrogens (tertiary/aromatic N) is 3. The lowest BCUT2D eigenvalue weighted by molar-refractivity contribution is -0.384. The monoisotopic (exact) mass is 562 g/mol. The van der Waals surface area contributed by atoms with E-state index in [4.69, 9.17) is 9.73 Å². The predicted octanol–water partition coefficient (Wildman–Crippen LogP) is 5.08. The van der Waals surface area contributed by atoms with Crippen molar-refractivity contribution in [1.29, 1.82) is 0 Å². The molecule has 1 aliphatic heterocycles. The number of aromatic carboxylic acids is 1. The van der Waals surface area contributed by atoms with Gasteiger partial charge < -0.3 is 15.2 Å². The molecular formula is C28H26N4O7S. The second-order valence-electron chi connectivity index (χ2n) is 9.11. The maximum Gasteiger partial charge on any atom is 0.335 e. The molecule has 1 aliphatic rings. The quantitative estimate of drug-likeness (QED) is 0.271. The third-order valence-electron chi connectivity index (χ3n) is 6.18. The summed E-state index contributed by atoms with van der Waals surface area (Å²) in [5, 5.41) is 22.8. The fraction of sp³-hybridized carbons (Fsp3) is 0.214. The Morgan fingerprint density at radius 2 is 1.85 bits per heavy atom. The van der Waals surface area contributed by atoms with Crippen molar-refractivity contribution in [3.63, 3.8) is 0 Å². The Morgan fingerprint density at radius 3 is 2.48 bits per heavy atom. The molecule has 0 unspecified atom stereocenters. The highest BCUT2D eigenvalue weighted by Crippen LogP contribution is 2.35. The number of rotatable bonds is 9. The highest BCUT2D eigenvalue weighted by atomic mass is 32.2. The van der Waals surface area contributed by atoms with Crippen LogP contribution in [0.25, 0.3) is 0 Å². The number of carboxylic acids is 1. The fourth-order valence-corrected chi connectivity index (χ4v) is 5.25. The largest absolute Gasteiger partial charge is 0.496 e. The standard InChI is InChI=1S/C28H26N4O7S/c1-16-4-10-21(17(2)12-16)30-28-31(15-18-5-7-19(8-6-18)27(35)36)26(34)24(40-28)14-25(33)29-22-11-9-20(39-3)13-23(22)32(37)38/h4-13,24H,14-15H2,1-3H3,(H,29,33)(H,35,36)/t24-/m1/s1. The smallest absolute Gasteiger partial charge is 0.335 e. The van der Waals surface area contributed by atoms with E-state index in [0.29, 0.717) is 16.4 Å². The molecule has 0 saturated carbocycles. The molecule has 0 bridgehead atoms. The minimum atomic E-state index is -1.06. The number of methoxy groups -OCH3 is 1. The molecule has 1 atom stereocenters. The van der Waals surface area contributed by atoms with Crippen LogP contribution in [-0.4, -0.2) is 50.2 Å². The topological polar surface area (TPSA) is 151 Å². The summed E-state index contributed by atoms with van der Waals surface area (Å²) in [6, 6.07) is 16.0. The molecule has 1 saturated heterocycles. The molecule has 206 valence electrons. The van der Waals surface area contributed by atoms with Crippen LogP contribution in [0.4, 0.5) is 17.1 Å². The number of aryl methyl sites for hydroxylation is 2.